The lowest BCUT2D eigenvalue weighted by atomic mass is 10.2. The lowest BCUT2D eigenvalue weighted by molar-refractivity contribution is 0.0575. The minimum Gasteiger partial charge on any atom is -0.490 e. The molecule has 1 aromatic carbocycles. The van der Waals surface area contributed by atoms with Crippen molar-refractivity contribution in [1.82, 2.24) is 0 Å². The first-order valence-electron chi connectivity index (χ1n) is 6.32. The molecule has 0 heterocycles. The van der Waals surface area contributed by atoms with Gasteiger partial charge >= 0.3 is 0 Å². The van der Waals surface area contributed by atoms with E-state index in [0.717, 1.165) is 25.5 Å². The molecule has 2 atom stereocenters. The molecule has 1 aliphatic carbocycles. The number of hydrogen-bond acceptors (Lipinski definition) is 4. The first-order valence-corrected chi connectivity index (χ1v) is 6.32. The van der Waals surface area contributed by atoms with Gasteiger partial charge in [0.1, 0.15) is 6.10 Å². The van der Waals surface area contributed by atoms with Crippen molar-refractivity contribution in [3.05, 3.63) is 23.8 Å². The third-order valence-electron chi connectivity index (χ3n) is 3.12. The highest BCUT2D eigenvalue weighted by atomic mass is 16.5. The second-order valence-corrected chi connectivity index (χ2v) is 4.38. The average molecular weight is 250 g/mol. The van der Waals surface area contributed by atoms with E-state index in [-0.39, 0.29) is 6.10 Å². The number of hydrogen-bond donors (Lipinski definition) is 1. The molecule has 0 spiro atoms. The molecule has 2 unspecified atom stereocenters. The van der Waals surface area contributed by atoms with Crippen LogP contribution in [-0.4, -0.2) is 30.2 Å². The van der Waals surface area contributed by atoms with Gasteiger partial charge in [0.2, 0.25) is 0 Å². The first-order chi connectivity index (χ1) is 8.76. The van der Waals surface area contributed by atoms with Crippen LogP contribution >= 0.6 is 0 Å². The van der Waals surface area contributed by atoms with E-state index in [4.69, 9.17) is 9.47 Å². The number of carbonyl (C=O) groups is 1. The maximum Gasteiger partial charge on any atom is 0.172 e. The Morgan fingerprint density at radius 1 is 1.44 bits per heavy atom. The number of aliphatic hydroxyl groups is 1. The second-order valence-electron chi connectivity index (χ2n) is 4.38. The van der Waals surface area contributed by atoms with Gasteiger partial charge in [-0.05, 0) is 38.3 Å². The van der Waals surface area contributed by atoms with E-state index >= 15 is 0 Å². The topological polar surface area (TPSA) is 55.8 Å². The molecule has 1 saturated carbocycles. The third-order valence-corrected chi connectivity index (χ3v) is 3.12. The van der Waals surface area contributed by atoms with E-state index in [1.165, 1.54) is 0 Å². The van der Waals surface area contributed by atoms with Gasteiger partial charge in [0.05, 0.1) is 18.3 Å². The van der Waals surface area contributed by atoms with Crippen LogP contribution in [0.25, 0.3) is 0 Å². The molecule has 98 valence electrons. The summed E-state index contributed by atoms with van der Waals surface area (Å²) in [6.07, 6.45) is 2.54. The zero-order valence-corrected chi connectivity index (χ0v) is 10.5. The van der Waals surface area contributed by atoms with Crippen molar-refractivity contribution >= 4 is 6.29 Å². The fraction of sp³-hybridized carbons (Fsp3) is 0.500. The van der Waals surface area contributed by atoms with Gasteiger partial charge in [0.25, 0.3) is 0 Å². The number of carbonyl (C=O) groups excluding carboxylic acids is 1. The maximum atomic E-state index is 11.0. The van der Waals surface area contributed by atoms with Crippen LogP contribution in [0.2, 0.25) is 0 Å². The number of benzene rings is 1. The van der Waals surface area contributed by atoms with Crippen LogP contribution in [-0.2, 0) is 0 Å². The maximum absolute atomic E-state index is 11.0. The third kappa shape index (κ3) is 2.64. The monoisotopic (exact) mass is 250 g/mol. The lowest BCUT2D eigenvalue weighted by Gasteiger charge is -2.20. The van der Waals surface area contributed by atoms with Gasteiger partial charge in [-0.1, -0.05) is 6.07 Å². The van der Waals surface area contributed by atoms with E-state index in [2.05, 4.69) is 0 Å². The summed E-state index contributed by atoms with van der Waals surface area (Å²) >= 11 is 0. The summed E-state index contributed by atoms with van der Waals surface area (Å²) < 4.78 is 11.2. The molecule has 0 amide bonds. The molecule has 0 aromatic heterocycles. The average Bonchev–Trinajstić information content (AvgIpc) is 2.77. The standard InChI is InChI=1S/C14H18O4/c1-2-17-13-8-3-5-10(9-15)14(13)18-12-7-4-6-11(12)16/h3,5,8-9,11-12,16H,2,4,6-7H2,1H3. The Morgan fingerprint density at radius 3 is 2.89 bits per heavy atom. The molecular formula is C14H18O4. The van der Waals surface area contributed by atoms with Gasteiger partial charge in [-0.25, -0.2) is 0 Å². The van der Waals surface area contributed by atoms with Gasteiger partial charge in [-0.2, -0.15) is 0 Å². The molecule has 4 heteroatoms. The molecule has 2 rings (SSSR count). The largest absolute Gasteiger partial charge is 0.490 e. The van der Waals surface area contributed by atoms with Crippen molar-refractivity contribution in [1.29, 1.82) is 0 Å². The van der Waals surface area contributed by atoms with Crippen molar-refractivity contribution < 1.29 is 19.4 Å². The van der Waals surface area contributed by atoms with Crippen LogP contribution in [0.5, 0.6) is 11.5 Å². The zero-order chi connectivity index (χ0) is 13.0. The highest BCUT2D eigenvalue weighted by Gasteiger charge is 2.28. The van der Waals surface area contributed by atoms with Gasteiger partial charge in [-0.15, -0.1) is 0 Å². The quantitative estimate of drug-likeness (QED) is 0.814. The smallest absolute Gasteiger partial charge is 0.172 e. The van der Waals surface area contributed by atoms with E-state index in [9.17, 15) is 9.90 Å². The van der Waals surface area contributed by atoms with Crippen molar-refractivity contribution in [2.75, 3.05) is 6.61 Å². The summed E-state index contributed by atoms with van der Waals surface area (Å²) in [5.74, 6) is 1.00. The molecule has 0 aliphatic heterocycles. The highest BCUT2D eigenvalue weighted by molar-refractivity contribution is 5.81. The van der Waals surface area contributed by atoms with E-state index < -0.39 is 6.10 Å². The molecule has 4 nitrogen and oxygen atoms in total. The van der Waals surface area contributed by atoms with Crippen molar-refractivity contribution in [3.8, 4) is 11.5 Å². The molecule has 0 saturated heterocycles. The van der Waals surface area contributed by atoms with Crippen LogP contribution in [0, 0.1) is 0 Å². The van der Waals surface area contributed by atoms with Crippen LogP contribution < -0.4 is 9.47 Å². The minimum absolute atomic E-state index is 0.245. The Hall–Kier alpha value is -1.55. The molecular weight excluding hydrogens is 232 g/mol. The first kappa shape index (κ1) is 12.9. The summed E-state index contributed by atoms with van der Waals surface area (Å²) in [7, 11) is 0. The number of aliphatic hydroxyl groups excluding tert-OH is 1. The summed E-state index contributed by atoms with van der Waals surface area (Å²) in [5, 5.41) is 9.78. The SMILES string of the molecule is CCOc1cccc(C=O)c1OC1CCCC1O. The number of rotatable bonds is 5. The van der Waals surface area contributed by atoms with Crippen molar-refractivity contribution in [3.63, 3.8) is 0 Å². The van der Waals surface area contributed by atoms with Crippen LogP contribution in [0.1, 0.15) is 36.5 Å². The summed E-state index contributed by atoms with van der Waals surface area (Å²) in [6.45, 7) is 2.38. The highest BCUT2D eigenvalue weighted by Crippen LogP contribution is 2.34. The molecule has 1 N–H and O–H groups in total. The normalized spacial score (nSPS) is 22.8. The summed E-state index contributed by atoms with van der Waals surface area (Å²) in [4.78, 5) is 11.0. The van der Waals surface area contributed by atoms with Crippen molar-refractivity contribution in [2.24, 2.45) is 0 Å². The van der Waals surface area contributed by atoms with Crippen LogP contribution in [0.15, 0.2) is 18.2 Å². The number of ether oxygens (including phenoxy) is 2. The Kier molecular flexibility index (Phi) is 4.20. The van der Waals surface area contributed by atoms with Crippen molar-refractivity contribution in [2.45, 2.75) is 38.4 Å². The number of para-hydroxylation sites is 1. The summed E-state index contributed by atoms with van der Waals surface area (Å²) in [6, 6.07) is 5.21. The predicted octanol–water partition coefficient (Wildman–Crippen LogP) is 2.19. The van der Waals surface area contributed by atoms with Crippen LogP contribution in [0.3, 0.4) is 0 Å². The molecule has 1 aliphatic rings. The fourth-order valence-electron chi connectivity index (χ4n) is 2.22. The lowest BCUT2D eigenvalue weighted by Crippen LogP contribution is -2.26. The molecule has 1 fully saturated rings. The summed E-state index contributed by atoms with van der Waals surface area (Å²) in [5.41, 5.74) is 0.458. The van der Waals surface area contributed by atoms with Gasteiger partial charge in [-0.3, -0.25) is 4.79 Å². The second kappa shape index (κ2) is 5.87. The molecule has 1 aromatic rings. The van der Waals surface area contributed by atoms with E-state index in [1.807, 2.05) is 6.92 Å². The Balaban J connectivity index is 2.25. The fourth-order valence-corrected chi connectivity index (χ4v) is 2.22. The van der Waals surface area contributed by atoms with Gasteiger partial charge < -0.3 is 14.6 Å². The molecule has 0 bridgehead atoms. The van der Waals surface area contributed by atoms with E-state index in [1.54, 1.807) is 18.2 Å². The molecule has 0 radical (unpaired) electrons. The minimum atomic E-state index is -0.459. The Morgan fingerprint density at radius 2 is 2.28 bits per heavy atom. The van der Waals surface area contributed by atoms with Gasteiger partial charge in [0, 0.05) is 0 Å². The van der Waals surface area contributed by atoms with E-state index in [0.29, 0.717) is 23.7 Å². The van der Waals surface area contributed by atoms with Crippen LogP contribution in [0.4, 0.5) is 0 Å². The predicted molar refractivity (Wildman–Crippen MR) is 67.3 cm³/mol. The number of aldehydes is 1. The van der Waals surface area contributed by atoms with Gasteiger partial charge in [0.15, 0.2) is 17.8 Å². The zero-order valence-electron chi connectivity index (χ0n) is 10.5. The molecule has 18 heavy (non-hydrogen) atoms. The Labute approximate surface area is 107 Å². The Bertz CT molecular complexity index is 416.